The van der Waals surface area contributed by atoms with Crippen molar-refractivity contribution in [3.8, 4) is 6.07 Å². The summed E-state index contributed by atoms with van der Waals surface area (Å²) in [5.74, 6) is 1.04. The summed E-state index contributed by atoms with van der Waals surface area (Å²) in [6.45, 7) is 3.81. The van der Waals surface area contributed by atoms with Crippen LogP contribution in [0.4, 0.5) is 5.69 Å². The number of aliphatic imine (C=N–C) groups is 1. The van der Waals surface area contributed by atoms with E-state index in [1.807, 2.05) is 37.3 Å². The quantitative estimate of drug-likeness (QED) is 0.808. The molecule has 1 heterocycles. The van der Waals surface area contributed by atoms with Crippen molar-refractivity contribution in [3.05, 3.63) is 64.2 Å². The SMILES string of the molecule is Cc1cc(C#N)ccc1N=C1SCCN1Cc1ccc(Cl)cc1. The van der Waals surface area contributed by atoms with Gasteiger partial charge in [-0.2, -0.15) is 5.26 Å². The van der Waals surface area contributed by atoms with Crippen molar-refractivity contribution in [3.63, 3.8) is 0 Å². The summed E-state index contributed by atoms with van der Waals surface area (Å²) < 4.78 is 0. The largest absolute Gasteiger partial charge is 0.346 e. The van der Waals surface area contributed by atoms with E-state index >= 15 is 0 Å². The minimum absolute atomic E-state index is 0.670. The lowest BCUT2D eigenvalue weighted by atomic mass is 10.1. The molecule has 3 nitrogen and oxygen atoms in total. The maximum absolute atomic E-state index is 8.96. The number of nitriles is 1. The topological polar surface area (TPSA) is 39.4 Å². The van der Waals surface area contributed by atoms with E-state index in [2.05, 4.69) is 23.1 Å². The molecule has 0 saturated carbocycles. The molecule has 0 aromatic heterocycles. The zero-order valence-electron chi connectivity index (χ0n) is 12.8. The molecule has 1 aliphatic rings. The third kappa shape index (κ3) is 3.87. The van der Waals surface area contributed by atoms with Crippen LogP contribution in [0.3, 0.4) is 0 Å². The van der Waals surface area contributed by atoms with Crippen LogP contribution >= 0.6 is 23.4 Å². The standard InChI is InChI=1S/C18H16ClN3S/c1-13-10-15(11-20)4-7-17(13)21-18-22(8-9-23-18)12-14-2-5-16(19)6-3-14/h2-7,10H,8-9,12H2,1H3. The number of rotatable bonds is 3. The first-order valence-electron chi connectivity index (χ1n) is 7.37. The van der Waals surface area contributed by atoms with Gasteiger partial charge in [0.15, 0.2) is 5.17 Å². The molecule has 1 aliphatic heterocycles. The minimum Gasteiger partial charge on any atom is -0.346 e. The first-order chi connectivity index (χ1) is 11.2. The van der Waals surface area contributed by atoms with Crippen molar-refractivity contribution in [2.75, 3.05) is 12.3 Å². The smallest absolute Gasteiger partial charge is 0.164 e. The zero-order valence-corrected chi connectivity index (χ0v) is 14.4. The van der Waals surface area contributed by atoms with Crippen LogP contribution in [-0.4, -0.2) is 22.4 Å². The molecule has 0 amide bonds. The molecule has 2 aromatic rings. The number of hydrogen-bond acceptors (Lipinski definition) is 3. The third-order valence-electron chi connectivity index (χ3n) is 3.69. The van der Waals surface area contributed by atoms with Gasteiger partial charge in [0, 0.05) is 23.9 Å². The fraction of sp³-hybridized carbons (Fsp3) is 0.222. The van der Waals surface area contributed by atoms with Crippen LogP contribution in [-0.2, 0) is 6.54 Å². The molecule has 5 heteroatoms. The Balaban J connectivity index is 1.81. The van der Waals surface area contributed by atoms with Crippen molar-refractivity contribution >= 4 is 34.2 Å². The molecule has 0 spiro atoms. The lowest BCUT2D eigenvalue weighted by Gasteiger charge is -2.18. The molecule has 3 rings (SSSR count). The molecule has 1 saturated heterocycles. The molecular weight excluding hydrogens is 326 g/mol. The Labute approximate surface area is 145 Å². The first kappa shape index (κ1) is 15.9. The molecular formula is C18H16ClN3S. The van der Waals surface area contributed by atoms with Crippen LogP contribution in [0.2, 0.25) is 5.02 Å². The summed E-state index contributed by atoms with van der Waals surface area (Å²) >= 11 is 7.71. The highest BCUT2D eigenvalue weighted by molar-refractivity contribution is 8.14. The Bertz CT molecular complexity index is 778. The highest BCUT2D eigenvalue weighted by Gasteiger charge is 2.20. The van der Waals surface area contributed by atoms with Gasteiger partial charge in [0.05, 0.1) is 17.3 Å². The molecule has 2 aromatic carbocycles. The van der Waals surface area contributed by atoms with Gasteiger partial charge in [-0.25, -0.2) is 4.99 Å². The van der Waals surface area contributed by atoms with E-state index in [0.717, 1.165) is 40.3 Å². The van der Waals surface area contributed by atoms with Crippen LogP contribution in [0, 0.1) is 18.3 Å². The van der Waals surface area contributed by atoms with Crippen LogP contribution in [0.25, 0.3) is 0 Å². The molecule has 0 bridgehead atoms. The molecule has 0 unspecified atom stereocenters. The highest BCUT2D eigenvalue weighted by atomic mass is 35.5. The summed E-state index contributed by atoms with van der Waals surface area (Å²) in [5, 5.41) is 10.7. The van der Waals surface area contributed by atoms with Gasteiger partial charge in [0.25, 0.3) is 0 Å². The Morgan fingerprint density at radius 2 is 2.04 bits per heavy atom. The van der Waals surface area contributed by atoms with Crippen LogP contribution in [0.5, 0.6) is 0 Å². The van der Waals surface area contributed by atoms with Gasteiger partial charge in [0.2, 0.25) is 0 Å². The van der Waals surface area contributed by atoms with E-state index in [9.17, 15) is 0 Å². The third-order valence-corrected chi connectivity index (χ3v) is 4.94. The number of aryl methyl sites for hydroxylation is 1. The Morgan fingerprint density at radius 3 is 2.74 bits per heavy atom. The monoisotopic (exact) mass is 341 g/mol. The number of nitrogens with zero attached hydrogens (tertiary/aromatic N) is 3. The molecule has 0 N–H and O–H groups in total. The van der Waals surface area contributed by atoms with Crippen molar-refractivity contribution in [1.82, 2.24) is 4.90 Å². The van der Waals surface area contributed by atoms with Crippen molar-refractivity contribution < 1.29 is 0 Å². The van der Waals surface area contributed by atoms with Crippen molar-refractivity contribution in [2.24, 2.45) is 4.99 Å². The van der Waals surface area contributed by atoms with E-state index < -0.39 is 0 Å². The zero-order chi connectivity index (χ0) is 16.2. The predicted molar refractivity (Wildman–Crippen MR) is 97.3 cm³/mol. The average Bonchev–Trinajstić information content (AvgIpc) is 2.98. The first-order valence-corrected chi connectivity index (χ1v) is 8.74. The van der Waals surface area contributed by atoms with Gasteiger partial charge < -0.3 is 4.90 Å². The number of benzene rings is 2. The lowest BCUT2D eigenvalue weighted by molar-refractivity contribution is 0.457. The van der Waals surface area contributed by atoms with Crippen LogP contribution in [0.15, 0.2) is 47.5 Å². The van der Waals surface area contributed by atoms with Gasteiger partial charge in [0.1, 0.15) is 0 Å². The van der Waals surface area contributed by atoms with Gasteiger partial charge in [-0.1, -0.05) is 35.5 Å². The van der Waals surface area contributed by atoms with Gasteiger partial charge in [-0.3, -0.25) is 0 Å². The summed E-state index contributed by atoms with van der Waals surface area (Å²) in [7, 11) is 0. The summed E-state index contributed by atoms with van der Waals surface area (Å²) in [4.78, 5) is 7.08. The van der Waals surface area contributed by atoms with Crippen LogP contribution in [0.1, 0.15) is 16.7 Å². The number of thioether (sulfide) groups is 1. The number of amidine groups is 1. The van der Waals surface area contributed by atoms with E-state index in [0.29, 0.717) is 5.56 Å². The maximum atomic E-state index is 8.96. The number of halogens is 1. The second kappa shape index (κ2) is 7.08. The van der Waals surface area contributed by atoms with E-state index in [-0.39, 0.29) is 0 Å². The van der Waals surface area contributed by atoms with E-state index in [1.54, 1.807) is 11.8 Å². The summed E-state index contributed by atoms with van der Waals surface area (Å²) in [5.41, 5.74) is 3.84. The van der Waals surface area contributed by atoms with Gasteiger partial charge >= 0.3 is 0 Å². The van der Waals surface area contributed by atoms with Crippen LogP contribution < -0.4 is 0 Å². The summed E-state index contributed by atoms with van der Waals surface area (Å²) in [6, 6.07) is 15.7. The average molecular weight is 342 g/mol. The summed E-state index contributed by atoms with van der Waals surface area (Å²) in [6.07, 6.45) is 0. The Kier molecular flexibility index (Phi) is 4.90. The molecule has 0 aliphatic carbocycles. The van der Waals surface area contributed by atoms with Crippen molar-refractivity contribution in [2.45, 2.75) is 13.5 Å². The normalized spacial score (nSPS) is 15.9. The van der Waals surface area contributed by atoms with E-state index in [4.69, 9.17) is 21.9 Å². The fourth-order valence-electron chi connectivity index (χ4n) is 2.45. The number of hydrogen-bond donors (Lipinski definition) is 0. The minimum atomic E-state index is 0.670. The molecule has 116 valence electrons. The second-order valence-electron chi connectivity index (χ2n) is 5.40. The predicted octanol–water partition coefficient (Wildman–Crippen LogP) is 4.76. The van der Waals surface area contributed by atoms with E-state index in [1.165, 1.54) is 5.56 Å². The maximum Gasteiger partial charge on any atom is 0.164 e. The molecule has 0 atom stereocenters. The Hall–Kier alpha value is -1.96. The lowest BCUT2D eigenvalue weighted by Crippen LogP contribution is -2.23. The molecule has 23 heavy (non-hydrogen) atoms. The van der Waals surface area contributed by atoms with Gasteiger partial charge in [-0.15, -0.1) is 0 Å². The molecule has 1 fully saturated rings. The fourth-order valence-corrected chi connectivity index (χ4v) is 3.57. The van der Waals surface area contributed by atoms with Crippen molar-refractivity contribution in [1.29, 1.82) is 5.26 Å². The second-order valence-corrected chi connectivity index (χ2v) is 6.90. The molecule has 0 radical (unpaired) electrons. The Morgan fingerprint density at radius 1 is 1.26 bits per heavy atom. The van der Waals surface area contributed by atoms with Gasteiger partial charge in [-0.05, 0) is 48.4 Å². The highest BCUT2D eigenvalue weighted by Crippen LogP contribution is 2.27.